The van der Waals surface area contributed by atoms with E-state index in [2.05, 4.69) is 30.4 Å². The van der Waals surface area contributed by atoms with Crippen molar-refractivity contribution in [3.8, 4) is 0 Å². The van der Waals surface area contributed by atoms with Crippen LogP contribution in [0.4, 0.5) is 0 Å². The first kappa shape index (κ1) is 11.4. The number of nitrogens with two attached hydrogens (primary N) is 1. The van der Waals surface area contributed by atoms with Crippen LogP contribution in [0.15, 0.2) is 23.7 Å². The molecule has 2 heterocycles. The maximum absolute atomic E-state index is 6.29. The molecule has 0 aliphatic heterocycles. The van der Waals surface area contributed by atoms with Gasteiger partial charge in [0.1, 0.15) is 0 Å². The fraction of sp³-hybridized carbons (Fsp3) is 0.417. The first-order valence-corrected chi connectivity index (χ1v) is 6.43. The van der Waals surface area contributed by atoms with Crippen LogP contribution in [0, 0.1) is 6.92 Å². The number of nitrogens with zero attached hydrogens (tertiary/aromatic N) is 2. The van der Waals surface area contributed by atoms with Crippen molar-refractivity contribution in [1.29, 1.82) is 0 Å². The van der Waals surface area contributed by atoms with Crippen LogP contribution in [0.1, 0.15) is 35.5 Å². The van der Waals surface area contributed by atoms with E-state index >= 15 is 0 Å². The molecule has 0 bridgehead atoms. The molecule has 0 radical (unpaired) electrons. The average molecular weight is 235 g/mol. The first-order valence-electron chi connectivity index (χ1n) is 5.55. The largest absolute Gasteiger partial charge is 0.318 e. The molecule has 2 N–H and O–H groups in total. The van der Waals surface area contributed by atoms with Crippen molar-refractivity contribution in [1.82, 2.24) is 9.78 Å². The van der Waals surface area contributed by atoms with Crippen molar-refractivity contribution >= 4 is 11.3 Å². The van der Waals surface area contributed by atoms with Crippen molar-refractivity contribution in [3.63, 3.8) is 0 Å². The monoisotopic (exact) mass is 235 g/mol. The van der Waals surface area contributed by atoms with Gasteiger partial charge in [0.2, 0.25) is 0 Å². The third kappa shape index (κ3) is 2.03. The second-order valence-corrected chi connectivity index (χ2v) is 4.87. The predicted octanol–water partition coefficient (Wildman–Crippen LogP) is 2.71. The van der Waals surface area contributed by atoms with Gasteiger partial charge in [0.15, 0.2) is 0 Å². The minimum atomic E-state index is -0.0472. The van der Waals surface area contributed by atoms with E-state index < -0.39 is 0 Å². The third-order valence-electron chi connectivity index (χ3n) is 2.69. The van der Waals surface area contributed by atoms with Crippen molar-refractivity contribution in [2.75, 3.05) is 0 Å². The van der Waals surface area contributed by atoms with Gasteiger partial charge in [0.25, 0.3) is 0 Å². The SMILES string of the molecule is CCCn1nccc1C(N)c1sccc1C. The van der Waals surface area contributed by atoms with Crippen LogP contribution >= 0.6 is 11.3 Å². The Morgan fingerprint density at radius 1 is 1.50 bits per heavy atom. The van der Waals surface area contributed by atoms with E-state index in [9.17, 15) is 0 Å². The summed E-state index contributed by atoms with van der Waals surface area (Å²) in [4.78, 5) is 1.23. The zero-order chi connectivity index (χ0) is 11.5. The van der Waals surface area contributed by atoms with Crippen LogP contribution in [0.5, 0.6) is 0 Å². The number of hydrogen-bond acceptors (Lipinski definition) is 3. The first-order chi connectivity index (χ1) is 7.74. The summed E-state index contributed by atoms with van der Waals surface area (Å²) in [5.74, 6) is 0. The van der Waals surface area contributed by atoms with Crippen LogP contribution in [0.3, 0.4) is 0 Å². The summed E-state index contributed by atoms with van der Waals surface area (Å²) < 4.78 is 2.00. The highest BCUT2D eigenvalue weighted by Gasteiger charge is 2.16. The molecule has 4 heteroatoms. The van der Waals surface area contributed by atoms with Gasteiger partial charge in [-0.3, -0.25) is 4.68 Å². The third-order valence-corrected chi connectivity index (χ3v) is 3.79. The molecule has 0 aliphatic rings. The fourth-order valence-electron chi connectivity index (χ4n) is 1.84. The molecule has 16 heavy (non-hydrogen) atoms. The molecule has 0 aromatic carbocycles. The Bertz CT molecular complexity index is 458. The van der Waals surface area contributed by atoms with Gasteiger partial charge in [-0.1, -0.05) is 6.92 Å². The molecule has 2 aromatic rings. The molecule has 0 saturated carbocycles. The van der Waals surface area contributed by atoms with E-state index in [1.807, 2.05) is 16.9 Å². The minimum Gasteiger partial charge on any atom is -0.318 e. The predicted molar refractivity (Wildman–Crippen MR) is 67.6 cm³/mol. The summed E-state index contributed by atoms with van der Waals surface area (Å²) in [5, 5.41) is 6.40. The molecule has 1 atom stereocenters. The fourth-order valence-corrected chi connectivity index (χ4v) is 2.78. The van der Waals surface area contributed by atoms with Crippen LogP contribution in [0.25, 0.3) is 0 Å². The molecule has 0 fully saturated rings. The summed E-state index contributed by atoms with van der Waals surface area (Å²) in [6, 6.07) is 4.08. The smallest absolute Gasteiger partial charge is 0.0819 e. The minimum absolute atomic E-state index is 0.0472. The van der Waals surface area contributed by atoms with Gasteiger partial charge in [-0.15, -0.1) is 11.3 Å². The molecule has 0 amide bonds. The summed E-state index contributed by atoms with van der Waals surface area (Å²) in [6.07, 6.45) is 2.90. The van der Waals surface area contributed by atoms with E-state index in [0.717, 1.165) is 18.7 Å². The molecule has 2 rings (SSSR count). The molecule has 3 nitrogen and oxygen atoms in total. The summed E-state index contributed by atoms with van der Waals surface area (Å²) >= 11 is 1.72. The number of aryl methyl sites for hydroxylation is 2. The molecule has 0 aliphatic carbocycles. The molecule has 86 valence electrons. The van der Waals surface area contributed by atoms with Gasteiger partial charge in [-0.05, 0) is 36.4 Å². The molecular weight excluding hydrogens is 218 g/mol. The van der Waals surface area contributed by atoms with Crippen LogP contribution in [-0.4, -0.2) is 9.78 Å². The lowest BCUT2D eigenvalue weighted by Crippen LogP contribution is -2.17. The molecule has 2 aromatic heterocycles. The Labute approximate surface area is 99.9 Å². The number of thiophene rings is 1. The quantitative estimate of drug-likeness (QED) is 0.885. The Balaban J connectivity index is 2.30. The number of aromatic nitrogens is 2. The van der Waals surface area contributed by atoms with Crippen molar-refractivity contribution in [3.05, 3.63) is 39.8 Å². The molecule has 0 spiro atoms. The van der Waals surface area contributed by atoms with Crippen molar-refractivity contribution in [2.24, 2.45) is 5.73 Å². The van der Waals surface area contributed by atoms with Crippen molar-refractivity contribution in [2.45, 2.75) is 32.9 Å². The Morgan fingerprint density at radius 2 is 2.31 bits per heavy atom. The van der Waals surface area contributed by atoms with Gasteiger partial charge in [-0.25, -0.2) is 0 Å². The Hall–Kier alpha value is -1.13. The lowest BCUT2D eigenvalue weighted by Gasteiger charge is -2.13. The topological polar surface area (TPSA) is 43.8 Å². The van der Waals surface area contributed by atoms with Gasteiger partial charge in [0, 0.05) is 17.6 Å². The summed E-state index contributed by atoms with van der Waals surface area (Å²) in [5.41, 5.74) is 8.66. The van der Waals surface area contributed by atoms with E-state index in [4.69, 9.17) is 5.73 Å². The van der Waals surface area contributed by atoms with Crippen LogP contribution in [-0.2, 0) is 6.54 Å². The van der Waals surface area contributed by atoms with E-state index in [1.165, 1.54) is 10.4 Å². The highest BCUT2D eigenvalue weighted by Crippen LogP contribution is 2.27. The molecular formula is C12H17N3S. The Kier molecular flexibility index (Phi) is 3.41. The second kappa shape index (κ2) is 4.80. The van der Waals surface area contributed by atoms with Gasteiger partial charge in [0.05, 0.1) is 11.7 Å². The summed E-state index contributed by atoms with van der Waals surface area (Å²) in [6.45, 7) is 5.18. The Morgan fingerprint density at radius 3 is 2.94 bits per heavy atom. The maximum Gasteiger partial charge on any atom is 0.0819 e. The van der Waals surface area contributed by atoms with E-state index in [-0.39, 0.29) is 6.04 Å². The van der Waals surface area contributed by atoms with Crippen molar-refractivity contribution < 1.29 is 0 Å². The lowest BCUT2D eigenvalue weighted by molar-refractivity contribution is 0.561. The van der Waals surface area contributed by atoms with Gasteiger partial charge in [-0.2, -0.15) is 5.10 Å². The second-order valence-electron chi connectivity index (χ2n) is 3.92. The summed E-state index contributed by atoms with van der Waals surface area (Å²) in [7, 11) is 0. The maximum atomic E-state index is 6.29. The van der Waals surface area contributed by atoms with E-state index in [0.29, 0.717) is 0 Å². The van der Waals surface area contributed by atoms with Gasteiger partial charge < -0.3 is 5.73 Å². The average Bonchev–Trinajstić information content (AvgIpc) is 2.87. The van der Waals surface area contributed by atoms with E-state index in [1.54, 1.807) is 11.3 Å². The zero-order valence-corrected chi connectivity index (χ0v) is 10.5. The normalized spacial score (nSPS) is 12.9. The van der Waals surface area contributed by atoms with Crippen LogP contribution < -0.4 is 5.73 Å². The van der Waals surface area contributed by atoms with Gasteiger partial charge >= 0.3 is 0 Å². The molecule has 1 unspecified atom stereocenters. The lowest BCUT2D eigenvalue weighted by atomic mass is 10.1. The number of hydrogen-bond donors (Lipinski definition) is 1. The van der Waals surface area contributed by atoms with Crippen LogP contribution in [0.2, 0.25) is 0 Å². The highest BCUT2D eigenvalue weighted by atomic mass is 32.1. The number of rotatable bonds is 4. The standard InChI is InChI=1S/C12H17N3S/c1-3-7-15-10(4-6-14-15)11(13)12-9(2)5-8-16-12/h4-6,8,11H,3,7,13H2,1-2H3. The molecule has 0 saturated heterocycles. The highest BCUT2D eigenvalue weighted by molar-refractivity contribution is 7.10. The zero-order valence-electron chi connectivity index (χ0n) is 9.68.